The third-order valence-electron chi connectivity index (χ3n) is 4.80. The van der Waals surface area contributed by atoms with Crippen LogP contribution in [0.4, 0.5) is 0 Å². The molecule has 112 valence electrons. The molecule has 0 spiro atoms. The van der Waals surface area contributed by atoms with Crippen LogP contribution in [0, 0.1) is 5.92 Å². The van der Waals surface area contributed by atoms with E-state index in [1.165, 1.54) is 11.1 Å². The molecule has 0 aromatic heterocycles. The number of carboxylic acids is 1. The molecule has 0 bridgehead atoms. The number of carbonyl (C=O) groups excluding carboxylic acids is 1. The molecule has 4 heteroatoms. The maximum atomic E-state index is 12.4. The lowest BCUT2D eigenvalue weighted by Crippen LogP contribution is -2.31. The number of amides is 1. The van der Waals surface area contributed by atoms with E-state index in [9.17, 15) is 9.59 Å². The summed E-state index contributed by atoms with van der Waals surface area (Å²) < 4.78 is 0. The van der Waals surface area contributed by atoms with Crippen molar-refractivity contribution in [1.82, 2.24) is 4.90 Å². The predicted octanol–water partition coefficient (Wildman–Crippen LogP) is 2.43. The van der Waals surface area contributed by atoms with Crippen molar-refractivity contribution in [2.24, 2.45) is 5.92 Å². The summed E-state index contributed by atoms with van der Waals surface area (Å²) in [5, 5.41) is 9.03. The molecule has 0 saturated carbocycles. The molecule has 1 saturated heterocycles. The number of nitrogens with zero attached hydrogens (tertiary/aromatic N) is 1. The lowest BCUT2D eigenvalue weighted by atomic mass is 9.81. The number of fused-ring (bicyclic) bond motifs is 1. The molecule has 0 unspecified atom stereocenters. The van der Waals surface area contributed by atoms with Crippen LogP contribution in [0.3, 0.4) is 0 Å². The molecular formula is C17H21NO3. The Bertz CT molecular complexity index is 555. The standard InChI is InChI=1S/C17H21NO3/c19-16(18-9-8-14(11-18)17(20)21)10-13-6-3-5-12-4-1-2-7-15(12)13/h1-2,4,7,13-14H,3,5-6,8-11H2,(H,20,21)/t13-,14-/m1/s1. The maximum Gasteiger partial charge on any atom is 0.308 e. The lowest BCUT2D eigenvalue weighted by molar-refractivity contribution is -0.141. The van der Waals surface area contributed by atoms with Crippen molar-refractivity contribution < 1.29 is 14.7 Å². The summed E-state index contributed by atoms with van der Waals surface area (Å²) in [5.74, 6) is -0.757. The molecule has 1 aliphatic heterocycles. The van der Waals surface area contributed by atoms with Gasteiger partial charge in [-0.3, -0.25) is 9.59 Å². The highest BCUT2D eigenvalue weighted by Gasteiger charge is 2.32. The van der Waals surface area contributed by atoms with Crippen LogP contribution in [0.2, 0.25) is 0 Å². The van der Waals surface area contributed by atoms with E-state index in [1.807, 2.05) is 6.07 Å². The molecule has 1 aromatic rings. The van der Waals surface area contributed by atoms with Gasteiger partial charge in [-0.2, -0.15) is 0 Å². The van der Waals surface area contributed by atoms with Crippen molar-refractivity contribution >= 4 is 11.9 Å². The normalized spacial score (nSPS) is 24.7. The zero-order valence-corrected chi connectivity index (χ0v) is 12.1. The molecule has 1 aromatic carbocycles. The monoisotopic (exact) mass is 287 g/mol. The smallest absolute Gasteiger partial charge is 0.308 e. The van der Waals surface area contributed by atoms with E-state index >= 15 is 0 Å². The number of benzene rings is 1. The quantitative estimate of drug-likeness (QED) is 0.929. The Balaban J connectivity index is 1.65. The van der Waals surface area contributed by atoms with Gasteiger partial charge in [0.25, 0.3) is 0 Å². The van der Waals surface area contributed by atoms with Gasteiger partial charge in [0.15, 0.2) is 0 Å². The summed E-state index contributed by atoms with van der Waals surface area (Å²) in [7, 11) is 0. The van der Waals surface area contributed by atoms with Crippen molar-refractivity contribution in [1.29, 1.82) is 0 Å². The fourth-order valence-electron chi connectivity index (χ4n) is 3.59. The summed E-state index contributed by atoms with van der Waals surface area (Å²) in [5.41, 5.74) is 2.68. The second kappa shape index (κ2) is 5.88. The molecule has 4 nitrogen and oxygen atoms in total. The third-order valence-corrected chi connectivity index (χ3v) is 4.80. The van der Waals surface area contributed by atoms with E-state index in [0.29, 0.717) is 31.8 Å². The Kier molecular flexibility index (Phi) is 3.95. The number of aryl methyl sites for hydroxylation is 1. The molecule has 21 heavy (non-hydrogen) atoms. The van der Waals surface area contributed by atoms with Gasteiger partial charge in [-0.05, 0) is 42.7 Å². The van der Waals surface area contributed by atoms with Gasteiger partial charge in [-0.25, -0.2) is 0 Å². The molecule has 1 heterocycles. The number of aliphatic carboxylic acids is 1. The van der Waals surface area contributed by atoms with Crippen LogP contribution < -0.4 is 0 Å². The average Bonchev–Trinajstić information content (AvgIpc) is 2.98. The van der Waals surface area contributed by atoms with Crippen molar-refractivity contribution in [3.8, 4) is 0 Å². The Labute approximate surface area is 124 Å². The largest absolute Gasteiger partial charge is 0.481 e. The first-order valence-electron chi connectivity index (χ1n) is 7.73. The summed E-state index contributed by atoms with van der Waals surface area (Å²) in [6.45, 7) is 0.965. The number of hydrogen-bond donors (Lipinski definition) is 1. The highest BCUT2D eigenvalue weighted by atomic mass is 16.4. The minimum absolute atomic E-state index is 0.112. The minimum Gasteiger partial charge on any atom is -0.481 e. The van der Waals surface area contributed by atoms with E-state index in [-0.39, 0.29) is 11.8 Å². The van der Waals surface area contributed by atoms with Crippen LogP contribution in [0.5, 0.6) is 0 Å². The van der Waals surface area contributed by atoms with Gasteiger partial charge in [0.1, 0.15) is 0 Å². The van der Waals surface area contributed by atoms with Gasteiger partial charge in [-0.1, -0.05) is 24.3 Å². The molecule has 1 amide bonds. The molecule has 3 rings (SSSR count). The van der Waals surface area contributed by atoms with E-state index < -0.39 is 5.97 Å². The summed E-state index contributed by atoms with van der Waals surface area (Å²) >= 11 is 0. The molecule has 2 aliphatic rings. The van der Waals surface area contributed by atoms with Crippen LogP contribution in [0.15, 0.2) is 24.3 Å². The van der Waals surface area contributed by atoms with Crippen LogP contribution in [0.1, 0.15) is 42.7 Å². The van der Waals surface area contributed by atoms with Gasteiger partial charge < -0.3 is 10.0 Å². The second-order valence-electron chi connectivity index (χ2n) is 6.16. The van der Waals surface area contributed by atoms with Gasteiger partial charge in [0.05, 0.1) is 5.92 Å². The number of carboxylic acid groups (broad SMARTS) is 1. The lowest BCUT2D eigenvalue weighted by Gasteiger charge is -2.27. The topological polar surface area (TPSA) is 57.6 Å². The average molecular weight is 287 g/mol. The number of likely N-dealkylation sites (tertiary alicyclic amines) is 1. The number of hydrogen-bond acceptors (Lipinski definition) is 2. The first-order chi connectivity index (χ1) is 10.1. The Morgan fingerprint density at radius 3 is 2.81 bits per heavy atom. The fraction of sp³-hybridized carbons (Fsp3) is 0.529. The summed E-state index contributed by atoms with van der Waals surface area (Å²) in [4.78, 5) is 25.1. The highest BCUT2D eigenvalue weighted by molar-refractivity contribution is 5.79. The van der Waals surface area contributed by atoms with Crippen LogP contribution >= 0.6 is 0 Å². The van der Waals surface area contributed by atoms with Crippen molar-refractivity contribution in [2.75, 3.05) is 13.1 Å². The van der Waals surface area contributed by atoms with Gasteiger partial charge in [-0.15, -0.1) is 0 Å². The van der Waals surface area contributed by atoms with Crippen LogP contribution in [-0.2, 0) is 16.0 Å². The summed E-state index contributed by atoms with van der Waals surface area (Å²) in [6, 6.07) is 8.39. The minimum atomic E-state index is -0.784. The Morgan fingerprint density at radius 2 is 2.05 bits per heavy atom. The van der Waals surface area contributed by atoms with Gasteiger partial charge in [0, 0.05) is 19.5 Å². The SMILES string of the molecule is O=C(O)[C@@H]1CCN(C(=O)C[C@H]2CCCc3ccccc32)C1. The fourth-order valence-corrected chi connectivity index (χ4v) is 3.59. The number of carbonyl (C=O) groups is 2. The van der Waals surface area contributed by atoms with E-state index in [0.717, 1.165) is 19.3 Å². The molecule has 1 aliphatic carbocycles. The van der Waals surface area contributed by atoms with Crippen molar-refractivity contribution in [3.05, 3.63) is 35.4 Å². The first kappa shape index (κ1) is 14.1. The molecule has 1 N–H and O–H groups in total. The molecule has 0 radical (unpaired) electrons. The molecule has 1 fully saturated rings. The van der Waals surface area contributed by atoms with E-state index in [2.05, 4.69) is 18.2 Å². The van der Waals surface area contributed by atoms with Gasteiger partial charge in [0.2, 0.25) is 5.91 Å². The van der Waals surface area contributed by atoms with E-state index in [4.69, 9.17) is 5.11 Å². The Hall–Kier alpha value is -1.84. The Morgan fingerprint density at radius 1 is 1.24 bits per heavy atom. The highest BCUT2D eigenvalue weighted by Crippen LogP contribution is 2.34. The van der Waals surface area contributed by atoms with Crippen molar-refractivity contribution in [2.45, 2.75) is 38.0 Å². The van der Waals surface area contributed by atoms with Crippen molar-refractivity contribution in [3.63, 3.8) is 0 Å². The summed E-state index contributed by atoms with van der Waals surface area (Å²) in [6.07, 6.45) is 4.39. The second-order valence-corrected chi connectivity index (χ2v) is 6.16. The maximum absolute atomic E-state index is 12.4. The third kappa shape index (κ3) is 2.94. The van der Waals surface area contributed by atoms with Crippen LogP contribution in [-0.4, -0.2) is 35.0 Å². The first-order valence-corrected chi connectivity index (χ1v) is 7.73. The predicted molar refractivity (Wildman–Crippen MR) is 79.1 cm³/mol. The molecular weight excluding hydrogens is 266 g/mol. The number of rotatable bonds is 3. The molecule has 2 atom stereocenters. The van der Waals surface area contributed by atoms with Gasteiger partial charge >= 0.3 is 5.97 Å². The zero-order valence-electron chi connectivity index (χ0n) is 12.1. The zero-order chi connectivity index (χ0) is 14.8. The van der Waals surface area contributed by atoms with Crippen LogP contribution in [0.25, 0.3) is 0 Å². The van der Waals surface area contributed by atoms with E-state index in [1.54, 1.807) is 4.90 Å².